The SMILES string of the molecule is COC(=O)c1nc(-c2nc(N3CCNCC3)ncc2F)n(C)n1. The standard InChI is InChI=1S/C13H16FN7O2/c1-20-11(18-10(19-20)12(22)23-2)9-8(14)7-16-13(17-9)21-5-3-15-4-6-21/h7,15H,3-6H2,1-2H3. The van der Waals surface area contributed by atoms with E-state index in [0.717, 1.165) is 32.4 Å². The van der Waals surface area contributed by atoms with E-state index in [1.54, 1.807) is 7.05 Å². The molecule has 0 aliphatic carbocycles. The first-order valence-electron chi connectivity index (χ1n) is 7.08. The lowest BCUT2D eigenvalue weighted by atomic mass is 10.3. The van der Waals surface area contributed by atoms with Crippen molar-refractivity contribution in [3.63, 3.8) is 0 Å². The third-order valence-corrected chi connectivity index (χ3v) is 3.47. The normalized spacial score (nSPS) is 14.8. The third-order valence-electron chi connectivity index (χ3n) is 3.47. The van der Waals surface area contributed by atoms with Gasteiger partial charge in [-0.1, -0.05) is 0 Å². The number of anilines is 1. The van der Waals surface area contributed by atoms with Crippen LogP contribution in [-0.4, -0.2) is 64.0 Å². The lowest BCUT2D eigenvalue weighted by Crippen LogP contribution is -2.44. The Bertz CT molecular complexity index is 727. The summed E-state index contributed by atoms with van der Waals surface area (Å²) in [5, 5.41) is 7.15. The van der Waals surface area contributed by atoms with Gasteiger partial charge >= 0.3 is 5.97 Å². The molecule has 0 radical (unpaired) electrons. The summed E-state index contributed by atoms with van der Waals surface area (Å²) < 4.78 is 20.0. The predicted molar refractivity (Wildman–Crippen MR) is 78.4 cm³/mol. The Labute approximate surface area is 131 Å². The smallest absolute Gasteiger partial charge is 0.377 e. The molecule has 0 spiro atoms. The van der Waals surface area contributed by atoms with E-state index >= 15 is 0 Å². The Kier molecular flexibility index (Phi) is 4.15. The maximum Gasteiger partial charge on any atom is 0.377 e. The molecule has 1 aliphatic heterocycles. The molecule has 23 heavy (non-hydrogen) atoms. The van der Waals surface area contributed by atoms with E-state index in [-0.39, 0.29) is 17.3 Å². The number of aryl methyl sites for hydroxylation is 1. The molecule has 0 saturated carbocycles. The summed E-state index contributed by atoms with van der Waals surface area (Å²) in [6, 6.07) is 0. The minimum absolute atomic E-state index is 0.00122. The van der Waals surface area contributed by atoms with Gasteiger partial charge in [-0.2, -0.15) is 4.98 Å². The third kappa shape index (κ3) is 2.97. The molecule has 9 nitrogen and oxygen atoms in total. The Morgan fingerprint density at radius 2 is 2.09 bits per heavy atom. The average molecular weight is 321 g/mol. The van der Waals surface area contributed by atoms with Gasteiger partial charge in [-0.15, -0.1) is 5.10 Å². The summed E-state index contributed by atoms with van der Waals surface area (Å²) in [6.07, 6.45) is 1.10. The van der Waals surface area contributed by atoms with E-state index in [0.29, 0.717) is 5.95 Å². The summed E-state index contributed by atoms with van der Waals surface area (Å²) in [4.78, 5) is 25.8. The number of piperazine rings is 1. The molecule has 1 N–H and O–H groups in total. The van der Waals surface area contributed by atoms with Crippen LogP contribution in [0.5, 0.6) is 0 Å². The zero-order valence-corrected chi connectivity index (χ0v) is 12.8. The van der Waals surface area contributed by atoms with Crippen molar-refractivity contribution >= 4 is 11.9 Å². The Balaban J connectivity index is 1.98. The fourth-order valence-electron chi connectivity index (χ4n) is 2.30. The van der Waals surface area contributed by atoms with Gasteiger partial charge in [0.1, 0.15) is 5.69 Å². The van der Waals surface area contributed by atoms with Crippen LogP contribution >= 0.6 is 0 Å². The van der Waals surface area contributed by atoms with E-state index in [1.165, 1.54) is 11.8 Å². The van der Waals surface area contributed by atoms with Crippen molar-refractivity contribution < 1.29 is 13.9 Å². The first-order chi connectivity index (χ1) is 11.1. The number of methoxy groups -OCH3 is 1. The number of carbonyl (C=O) groups is 1. The monoisotopic (exact) mass is 321 g/mol. The van der Waals surface area contributed by atoms with Crippen LogP contribution in [0.25, 0.3) is 11.5 Å². The molecule has 122 valence electrons. The number of hydrogen-bond acceptors (Lipinski definition) is 8. The summed E-state index contributed by atoms with van der Waals surface area (Å²) in [6.45, 7) is 3.09. The topological polar surface area (TPSA) is 98.1 Å². The molecular formula is C13H16FN7O2. The van der Waals surface area contributed by atoms with Crippen LogP contribution in [0.15, 0.2) is 6.20 Å². The zero-order valence-electron chi connectivity index (χ0n) is 12.8. The number of halogens is 1. The van der Waals surface area contributed by atoms with E-state index in [2.05, 4.69) is 30.1 Å². The van der Waals surface area contributed by atoms with Crippen molar-refractivity contribution in [2.75, 3.05) is 38.2 Å². The first kappa shape index (κ1) is 15.3. The minimum Gasteiger partial charge on any atom is -0.463 e. The van der Waals surface area contributed by atoms with Crippen molar-refractivity contribution in [3.05, 3.63) is 17.8 Å². The second kappa shape index (κ2) is 6.24. The number of hydrogen-bond donors (Lipinski definition) is 1. The van der Waals surface area contributed by atoms with Crippen LogP contribution in [0.4, 0.5) is 10.3 Å². The highest BCUT2D eigenvalue weighted by atomic mass is 19.1. The Hall–Kier alpha value is -2.62. The van der Waals surface area contributed by atoms with Crippen molar-refractivity contribution in [1.82, 2.24) is 30.0 Å². The number of nitrogens with one attached hydrogen (secondary N) is 1. The molecule has 1 fully saturated rings. The summed E-state index contributed by atoms with van der Waals surface area (Å²) in [5.41, 5.74) is -0.00122. The van der Waals surface area contributed by atoms with Crippen LogP contribution in [0.3, 0.4) is 0 Å². The summed E-state index contributed by atoms with van der Waals surface area (Å²) in [5.74, 6) is -0.904. The largest absolute Gasteiger partial charge is 0.463 e. The van der Waals surface area contributed by atoms with Gasteiger partial charge in [-0.05, 0) is 0 Å². The quantitative estimate of drug-likeness (QED) is 0.763. The second-order valence-corrected chi connectivity index (χ2v) is 4.98. The van der Waals surface area contributed by atoms with E-state index < -0.39 is 11.8 Å². The van der Waals surface area contributed by atoms with Crippen molar-refractivity contribution in [2.45, 2.75) is 0 Å². The minimum atomic E-state index is -0.691. The van der Waals surface area contributed by atoms with E-state index in [9.17, 15) is 9.18 Å². The Morgan fingerprint density at radius 1 is 1.35 bits per heavy atom. The molecule has 1 aliphatic rings. The van der Waals surface area contributed by atoms with Gasteiger partial charge in [0, 0.05) is 33.2 Å². The highest BCUT2D eigenvalue weighted by Gasteiger charge is 2.22. The summed E-state index contributed by atoms with van der Waals surface area (Å²) in [7, 11) is 2.78. The van der Waals surface area contributed by atoms with Gasteiger partial charge in [-0.3, -0.25) is 0 Å². The maximum atomic E-state index is 14.1. The van der Waals surface area contributed by atoms with E-state index in [4.69, 9.17) is 0 Å². The lowest BCUT2D eigenvalue weighted by molar-refractivity contribution is 0.0586. The number of esters is 1. The molecule has 2 aromatic rings. The fraction of sp³-hybridized carbons (Fsp3) is 0.462. The van der Waals surface area contributed by atoms with Gasteiger partial charge in [0.25, 0.3) is 5.82 Å². The van der Waals surface area contributed by atoms with Crippen LogP contribution < -0.4 is 10.2 Å². The molecule has 3 rings (SSSR count). The molecule has 0 atom stereocenters. The molecule has 0 aromatic carbocycles. The highest BCUT2D eigenvalue weighted by molar-refractivity contribution is 5.85. The predicted octanol–water partition coefficient (Wildman–Crippen LogP) is -0.393. The number of aromatic nitrogens is 5. The van der Waals surface area contributed by atoms with Crippen molar-refractivity contribution in [3.8, 4) is 11.5 Å². The number of rotatable bonds is 3. The Morgan fingerprint density at radius 3 is 2.78 bits per heavy atom. The molecule has 0 amide bonds. The summed E-state index contributed by atoms with van der Waals surface area (Å²) >= 11 is 0. The zero-order chi connectivity index (χ0) is 16.4. The number of ether oxygens (including phenoxy) is 1. The average Bonchev–Trinajstić information content (AvgIpc) is 2.97. The molecule has 2 aromatic heterocycles. The first-order valence-corrected chi connectivity index (χ1v) is 7.08. The van der Waals surface area contributed by atoms with Gasteiger partial charge in [0.15, 0.2) is 11.6 Å². The van der Waals surface area contributed by atoms with Gasteiger partial charge in [0.05, 0.1) is 13.3 Å². The van der Waals surface area contributed by atoms with Crippen molar-refractivity contribution in [2.24, 2.45) is 7.05 Å². The van der Waals surface area contributed by atoms with Gasteiger partial charge in [-0.25, -0.2) is 23.8 Å². The molecule has 0 bridgehead atoms. The van der Waals surface area contributed by atoms with Crippen LogP contribution in [0.1, 0.15) is 10.6 Å². The highest BCUT2D eigenvalue weighted by Crippen LogP contribution is 2.21. The fourth-order valence-corrected chi connectivity index (χ4v) is 2.30. The molecule has 3 heterocycles. The maximum absolute atomic E-state index is 14.1. The van der Waals surface area contributed by atoms with Crippen LogP contribution in [0.2, 0.25) is 0 Å². The number of carbonyl (C=O) groups excluding carboxylic acids is 1. The second-order valence-electron chi connectivity index (χ2n) is 4.98. The number of nitrogens with zero attached hydrogens (tertiary/aromatic N) is 6. The molecule has 0 unspecified atom stereocenters. The molecule has 1 saturated heterocycles. The van der Waals surface area contributed by atoms with Crippen LogP contribution in [-0.2, 0) is 11.8 Å². The van der Waals surface area contributed by atoms with Crippen molar-refractivity contribution in [1.29, 1.82) is 0 Å². The molecule has 10 heteroatoms. The van der Waals surface area contributed by atoms with E-state index in [1.807, 2.05) is 4.90 Å². The van der Waals surface area contributed by atoms with Gasteiger partial charge < -0.3 is 15.0 Å². The van der Waals surface area contributed by atoms with Crippen LogP contribution in [0, 0.1) is 5.82 Å². The lowest BCUT2D eigenvalue weighted by Gasteiger charge is -2.27. The van der Waals surface area contributed by atoms with Gasteiger partial charge in [0.2, 0.25) is 5.95 Å². The molecular weight excluding hydrogens is 305 g/mol.